The van der Waals surface area contributed by atoms with Crippen LogP contribution in [0.3, 0.4) is 0 Å². The molecule has 0 saturated carbocycles. The Bertz CT molecular complexity index is 552. The molecule has 6 heteroatoms. The van der Waals surface area contributed by atoms with Crippen LogP contribution in [-0.4, -0.2) is 24.0 Å². The lowest BCUT2D eigenvalue weighted by atomic mass is 10.3. The first-order chi connectivity index (χ1) is 10.3. The number of aromatic nitrogens is 1. The van der Waals surface area contributed by atoms with Crippen molar-refractivity contribution >= 4 is 28.9 Å². The smallest absolute Gasteiger partial charge is 0.191 e. The minimum Gasteiger partial charge on any atom is -0.357 e. The first-order valence-electron chi connectivity index (χ1n) is 6.93. The molecule has 2 rings (SSSR count). The SMILES string of the molecule is CCNC(=NCc1ccc(Cl)nc1)NCCc1cccs1. The van der Waals surface area contributed by atoms with E-state index < -0.39 is 0 Å². The second-order valence-electron chi connectivity index (χ2n) is 4.44. The van der Waals surface area contributed by atoms with Crippen LogP contribution in [0.1, 0.15) is 17.4 Å². The molecule has 0 radical (unpaired) electrons. The Hall–Kier alpha value is -1.59. The van der Waals surface area contributed by atoms with Gasteiger partial charge in [-0.3, -0.25) is 0 Å². The first-order valence-corrected chi connectivity index (χ1v) is 8.18. The summed E-state index contributed by atoms with van der Waals surface area (Å²) in [6.45, 7) is 4.34. The average molecular weight is 323 g/mol. The normalized spacial score (nSPS) is 11.4. The van der Waals surface area contributed by atoms with E-state index in [0.717, 1.165) is 31.0 Å². The van der Waals surface area contributed by atoms with Gasteiger partial charge in [0.15, 0.2) is 5.96 Å². The van der Waals surface area contributed by atoms with Crippen molar-refractivity contribution in [1.82, 2.24) is 15.6 Å². The third-order valence-electron chi connectivity index (χ3n) is 2.80. The van der Waals surface area contributed by atoms with Gasteiger partial charge in [-0.1, -0.05) is 23.7 Å². The molecule has 0 aromatic carbocycles. The highest BCUT2D eigenvalue weighted by atomic mass is 35.5. The molecule has 0 fully saturated rings. The van der Waals surface area contributed by atoms with Crippen molar-refractivity contribution in [2.24, 2.45) is 4.99 Å². The molecule has 0 amide bonds. The van der Waals surface area contributed by atoms with Crippen LogP contribution in [-0.2, 0) is 13.0 Å². The van der Waals surface area contributed by atoms with E-state index in [4.69, 9.17) is 11.6 Å². The lowest BCUT2D eigenvalue weighted by Crippen LogP contribution is -2.38. The molecule has 2 aromatic rings. The summed E-state index contributed by atoms with van der Waals surface area (Å²) < 4.78 is 0. The minimum absolute atomic E-state index is 0.503. The van der Waals surface area contributed by atoms with E-state index in [1.165, 1.54) is 4.88 Å². The Balaban J connectivity index is 1.84. The molecule has 0 bridgehead atoms. The molecular weight excluding hydrogens is 304 g/mol. The number of nitrogens with one attached hydrogen (secondary N) is 2. The van der Waals surface area contributed by atoms with Gasteiger partial charge in [0, 0.05) is 24.2 Å². The summed E-state index contributed by atoms with van der Waals surface area (Å²) in [5.74, 6) is 0.823. The van der Waals surface area contributed by atoms with Gasteiger partial charge < -0.3 is 10.6 Å². The Morgan fingerprint density at radius 2 is 2.24 bits per heavy atom. The number of hydrogen-bond donors (Lipinski definition) is 2. The Labute approximate surface area is 134 Å². The van der Waals surface area contributed by atoms with Crippen molar-refractivity contribution in [2.45, 2.75) is 19.9 Å². The zero-order valence-electron chi connectivity index (χ0n) is 12.0. The molecule has 0 aliphatic rings. The highest BCUT2D eigenvalue weighted by Gasteiger charge is 1.99. The molecule has 0 aliphatic heterocycles. The zero-order chi connectivity index (χ0) is 14.9. The van der Waals surface area contributed by atoms with Gasteiger partial charge in [0.25, 0.3) is 0 Å². The average Bonchev–Trinajstić information content (AvgIpc) is 3.00. The number of thiophene rings is 1. The number of pyridine rings is 1. The van der Waals surface area contributed by atoms with Crippen molar-refractivity contribution in [3.05, 3.63) is 51.4 Å². The number of nitrogens with zero attached hydrogens (tertiary/aromatic N) is 2. The molecule has 0 spiro atoms. The fraction of sp³-hybridized carbons (Fsp3) is 0.333. The maximum absolute atomic E-state index is 5.77. The number of halogens is 1. The van der Waals surface area contributed by atoms with E-state index in [-0.39, 0.29) is 0 Å². The van der Waals surface area contributed by atoms with Gasteiger partial charge in [0.1, 0.15) is 5.15 Å². The van der Waals surface area contributed by atoms with Gasteiger partial charge in [-0.25, -0.2) is 9.98 Å². The molecular formula is C15H19ClN4S. The maximum atomic E-state index is 5.77. The maximum Gasteiger partial charge on any atom is 0.191 e. The van der Waals surface area contributed by atoms with Crippen LogP contribution >= 0.6 is 22.9 Å². The van der Waals surface area contributed by atoms with Crippen LogP contribution in [0.4, 0.5) is 0 Å². The second-order valence-corrected chi connectivity index (χ2v) is 5.86. The Kier molecular flexibility index (Phi) is 6.50. The van der Waals surface area contributed by atoms with Crippen molar-refractivity contribution < 1.29 is 0 Å². The van der Waals surface area contributed by atoms with Crippen LogP contribution in [0.5, 0.6) is 0 Å². The number of aliphatic imine (C=N–C) groups is 1. The molecule has 0 unspecified atom stereocenters. The van der Waals surface area contributed by atoms with Gasteiger partial charge in [-0.2, -0.15) is 0 Å². The Morgan fingerprint density at radius 3 is 2.90 bits per heavy atom. The van der Waals surface area contributed by atoms with E-state index in [2.05, 4.69) is 45.0 Å². The first kappa shape index (κ1) is 15.8. The van der Waals surface area contributed by atoms with E-state index in [1.807, 2.05) is 6.07 Å². The highest BCUT2D eigenvalue weighted by Crippen LogP contribution is 2.08. The Morgan fingerprint density at radius 1 is 1.33 bits per heavy atom. The molecule has 2 N–H and O–H groups in total. The molecule has 2 heterocycles. The van der Waals surface area contributed by atoms with E-state index in [0.29, 0.717) is 11.7 Å². The number of guanidine groups is 1. The number of rotatable bonds is 6. The fourth-order valence-electron chi connectivity index (χ4n) is 1.77. The summed E-state index contributed by atoms with van der Waals surface area (Å²) in [5.41, 5.74) is 1.04. The van der Waals surface area contributed by atoms with Crippen molar-refractivity contribution in [3.63, 3.8) is 0 Å². The van der Waals surface area contributed by atoms with Crippen molar-refractivity contribution in [3.8, 4) is 0 Å². The molecule has 0 aliphatic carbocycles. The molecule has 21 heavy (non-hydrogen) atoms. The van der Waals surface area contributed by atoms with Gasteiger partial charge >= 0.3 is 0 Å². The third kappa shape index (κ3) is 5.73. The van der Waals surface area contributed by atoms with Crippen LogP contribution in [0, 0.1) is 0 Å². The molecule has 0 atom stereocenters. The van der Waals surface area contributed by atoms with Crippen LogP contribution < -0.4 is 10.6 Å². The van der Waals surface area contributed by atoms with Gasteiger partial charge in [-0.05, 0) is 36.4 Å². The highest BCUT2D eigenvalue weighted by molar-refractivity contribution is 7.09. The molecule has 2 aromatic heterocycles. The summed E-state index contributed by atoms with van der Waals surface area (Å²) in [6, 6.07) is 7.94. The van der Waals surface area contributed by atoms with Crippen LogP contribution in [0.25, 0.3) is 0 Å². The van der Waals surface area contributed by atoms with Gasteiger partial charge in [0.05, 0.1) is 6.54 Å². The lowest BCUT2D eigenvalue weighted by molar-refractivity contribution is 0.804. The quantitative estimate of drug-likeness (QED) is 0.488. The number of hydrogen-bond acceptors (Lipinski definition) is 3. The zero-order valence-corrected chi connectivity index (χ0v) is 13.5. The van der Waals surface area contributed by atoms with E-state index in [1.54, 1.807) is 23.6 Å². The predicted octanol–water partition coefficient (Wildman–Crippen LogP) is 3.09. The van der Waals surface area contributed by atoms with Crippen LogP contribution in [0.2, 0.25) is 5.15 Å². The summed E-state index contributed by atoms with van der Waals surface area (Å²) in [7, 11) is 0. The third-order valence-corrected chi connectivity index (χ3v) is 3.96. The fourth-order valence-corrected chi connectivity index (χ4v) is 2.59. The molecule has 112 valence electrons. The monoisotopic (exact) mass is 322 g/mol. The van der Waals surface area contributed by atoms with E-state index >= 15 is 0 Å². The van der Waals surface area contributed by atoms with Crippen LogP contribution in [0.15, 0.2) is 40.8 Å². The topological polar surface area (TPSA) is 49.3 Å². The lowest BCUT2D eigenvalue weighted by Gasteiger charge is -2.10. The predicted molar refractivity (Wildman–Crippen MR) is 90.1 cm³/mol. The summed E-state index contributed by atoms with van der Waals surface area (Å²) >= 11 is 7.55. The van der Waals surface area contributed by atoms with Crippen molar-refractivity contribution in [1.29, 1.82) is 0 Å². The van der Waals surface area contributed by atoms with Crippen molar-refractivity contribution in [2.75, 3.05) is 13.1 Å². The van der Waals surface area contributed by atoms with Gasteiger partial charge in [0.2, 0.25) is 0 Å². The summed E-state index contributed by atoms with van der Waals surface area (Å²) in [6.07, 6.45) is 2.76. The van der Waals surface area contributed by atoms with Gasteiger partial charge in [-0.15, -0.1) is 11.3 Å². The molecule has 4 nitrogen and oxygen atoms in total. The van der Waals surface area contributed by atoms with E-state index in [9.17, 15) is 0 Å². The summed E-state index contributed by atoms with van der Waals surface area (Å²) in [4.78, 5) is 9.98. The summed E-state index contributed by atoms with van der Waals surface area (Å²) in [5, 5.41) is 9.18. The molecule has 0 saturated heterocycles. The largest absolute Gasteiger partial charge is 0.357 e. The second kappa shape index (κ2) is 8.64. The minimum atomic E-state index is 0.503. The standard InChI is InChI=1S/C15H19ClN4S/c1-2-17-15(18-8-7-13-4-3-9-21-13)20-11-12-5-6-14(16)19-10-12/h3-6,9-10H,2,7-8,11H2,1H3,(H2,17,18,20).